The smallest absolute Gasteiger partial charge is 0.252 e. The first-order valence-corrected chi connectivity index (χ1v) is 11.9. The number of amides is 2. The van der Waals surface area contributed by atoms with E-state index in [4.69, 9.17) is 10.5 Å². The maximum atomic E-state index is 12.7. The third-order valence-corrected chi connectivity index (χ3v) is 7.75. The van der Waals surface area contributed by atoms with Gasteiger partial charge in [0.05, 0.1) is 21.9 Å². The lowest BCUT2D eigenvalue weighted by molar-refractivity contribution is -0.119. The summed E-state index contributed by atoms with van der Waals surface area (Å²) in [5, 5.41) is 2.65. The minimum Gasteiger partial charge on any atom is -0.485 e. The third kappa shape index (κ3) is 5.49. The molecule has 1 aliphatic rings. The lowest BCUT2D eigenvalue weighted by Crippen LogP contribution is -2.28. The largest absolute Gasteiger partial charge is 0.485 e. The van der Waals surface area contributed by atoms with Crippen molar-refractivity contribution < 1.29 is 27.5 Å². The number of ether oxygens (including phenoxy) is 1. The maximum Gasteiger partial charge on any atom is 0.252 e. The van der Waals surface area contributed by atoms with Gasteiger partial charge in [0.25, 0.3) is 5.91 Å². The van der Waals surface area contributed by atoms with Crippen LogP contribution < -0.4 is 15.8 Å². The van der Waals surface area contributed by atoms with E-state index in [1.165, 1.54) is 40.8 Å². The number of ketones is 1. The van der Waals surface area contributed by atoms with Crippen molar-refractivity contribution in [3.63, 3.8) is 0 Å². The van der Waals surface area contributed by atoms with E-state index in [1.54, 1.807) is 12.1 Å². The van der Waals surface area contributed by atoms with Crippen LogP contribution in [0.5, 0.6) is 5.75 Å². The van der Waals surface area contributed by atoms with E-state index in [2.05, 4.69) is 5.32 Å². The van der Waals surface area contributed by atoms with E-state index in [0.717, 1.165) is 17.7 Å². The standard InChI is InChI=1S/C20H23N3O6S2/c1-13(24)22-11-14-4-7-19(30-14)17(25)12-29-18-6-5-15(10-16(18)20(21)26)31(27,28)23-8-2-3-9-23/h4-7,10H,2-3,8-9,11-12H2,1H3,(H2,21,26)(H,22,24). The second kappa shape index (κ2) is 9.58. The van der Waals surface area contributed by atoms with Gasteiger partial charge in [-0.05, 0) is 43.2 Å². The number of hydrogen-bond acceptors (Lipinski definition) is 7. The fraction of sp³-hybridized carbons (Fsp3) is 0.350. The molecular weight excluding hydrogens is 442 g/mol. The zero-order valence-corrected chi connectivity index (χ0v) is 18.6. The Labute approximate surface area is 184 Å². The predicted octanol–water partition coefficient (Wildman–Crippen LogP) is 1.53. The minimum atomic E-state index is -3.72. The number of benzene rings is 1. The summed E-state index contributed by atoms with van der Waals surface area (Å²) in [4.78, 5) is 36.5. The van der Waals surface area contributed by atoms with Crippen LogP contribution in [0, 0.1) is 0 Å². The SMILES string of the molecule is CC(=O)NCc1ccc(C(=O)COc2ccc(S(=O)(=O)N3CCCC3)cc2C(N)=O)s1. The molecule has 11 heteroatoms. The van der Waals surface area contributed by atoms with Crippen LogP contribution in [-0.4, -0.2) is 50.0 Å². The molecule has 1 saturated heterocycles. The molecule has 31 heavy (non-hydrogen) atoms. The molecule has 0 aliphatic carbocycles. The van der Waals surface area contributed by atoms with E-state index in [9.17, 15) is 22.8 Å². The zero-order valence-electron chi connectivity index (χ0n) is 16.9. The molecule has 2 aromatic rings. The average molecular weight is 466 g/mol. The summed E-state index contributed by atoms with van der Waals surface area (Å²) in [6.07, 6.45) is 1.58. The highest BCUT2D eigenvalue weighted by molar-refractivity contribution is 7.89. The molecule has 0 unspecified atom stereocenters. The molecule has 9 nitrogen and oxygen atoms in total. The number of nitrogens with one attached hydrogen (secondary N) is 1. The summed E-state index contributed by atoms with van der Waals surface area (Å²) in [5.74, 6) is -1.30. The summed E-state index contributed by atoms with van der Waals surface area (Å²) in [6.45, 7) is 2.26. The van der Waals surface area contributed by atoms with E-state index >= 15 is 0 Å². The van der Waals surface area contributed by atoms with Gasteiger partial charge in [0.2, 0.25) is 21.7 Å². The van der Waals surface area contributed by atoms with Gasteiger partial charge < -0.3 is 15.8 Å². The van der Waals surface area contributed by atoms with Gasteiger partial charge in [-0.25, -0.2) is 8.42 Å². The number of sulfonamides is 1. The first-order valence-electron chi connectivity index (χ1n) is 9.61. The summed E-state index contributed by atoms with van der Waals surface area (Å²) in [6, 6.07) is 7.24. The summed E-state index contributed by atoms with van der Waals surface area (Å²) in [7, 11) is -3.72. The fourth-order valence-corrected chi connectivity index (χ4v) is 5.53. The monoisotopic (exact) mass is 465 g/mol. The van der Waals surface area contributed by atoms with Gasteiger partial charge in [0.15, 0.2) is 6.61 Å². The van der Waals surface area contributed by atoms with Crippen LogP contribution in [0.1, 0.15) is 44.7 Å². The van der Waals surface area contributed by atoms with Gasteiger partial charge in [-0.3, -0.25) is 14.4 Å². The minimum absolute atomic E-state index is 0.0382. The van der Waals surface area contributed by atoms with Crippen LogP contribution in [-0.2, 0) is 21.4 Å². The zero-order chi connectivity index (χ0) is 22.6. The molecule has 0 spiro atoms. The van der Waals surface area contributed by atoms with Gasteiger partial charge in [-0.15, -0.1) is 11.3 Å². The molecule has 3 N–H and O–H groups in total. The number of carbonyl (C=O) groups is 3. The lowest BCUT2D eigenvalue weighted by Gasteiger charge is -2.17. The van der Waals surface area contributed by atoms with E-state index in [-0.39, 0.29) is 34.5 Å². The molecule has 1 aliphatic heterocycles. The van der Waals surface area contributed by atoms with E-state index < -0.39 is 15.9 Å². The summed E-state index contributed by atoms with van der Waals surface area (Å²) >= 11 is 1.23. The average Bonchev–Trinajstić information content (AvgIpc) is 3.42. The molecule has 1 aromatic carbocycles. The fourth-order valence-electron chi connectivity index (χ4n) is 3.11. The Balaban J connectivity index is 1.72. The summed E-state index contributed by atoms with van der Waals surface area (Å²) in [5.41, 5.74) is 5.31. The third-order valence-electron chi connectivity index (χ3n) is 4.73. The number of Topliss-reactive ketones (excluding diaryl/α,β-unsaturated/α-hetero) is 1. The van der Waals surface area contributed by atoms with Crippen LogP contribution in [0.2, 0.25) is 0 Å². The van der Waals surface area contributed by atoms with Crippen molar-refractivity contribution in [2.75, 3.05) is 19.7 Å². The van der Waals surface area contributed by atoms with E-state index in [0.29, 0.717) is 24.5 Å². The number of nitrogens with zero attached hydrogens (tertiary/aromatic N) is 1. The molecule has 2 heterocycles. The Morgan fingerprint density at radius 3 is 2.52 bits per heavy atom. The quantitative estimate of drug-likeness (QED) is 0.539. The van der Waals surface area contributed by atoms with Gasteiger partial charge >= 0.3 is 0 Å². The number of primary amides is 1. The first-order chi connectivity index (χ1) is 14.7. The number of nitrogens with two attached hydrogens (primary N) is 1. The number of hydrogen-bond donors (Lipinski definition) is 2. The first kappa shape index (κ1) is 22.9. The van der Waals surface area contributed by atoms with Crippen LogP contribution in [0.3, 0.4) is 0 Å². The molecule has 1 fully saturated rings. The van der Waals surface area contributed by atoms with Crippen molar-refractivity contribution in [2.45, 2.75) is 31.2 Å². The van der Waals surface area contributed by atoms with Crippen molar-refractivity contribution in [1.29, 1.82) is 0 Å². The van der Waals surface area contributed by atoms with Crippen molar-refractivity contribution in [3.8, 4) is 5.75 Å². The van der Waals surface area contributed by atoms with Crippen LogP contribution in [0.15, 0.2) is 35.2 Å². The Morgan fingerprint density at radius 1 is 1.16 bits per heavy atom. The highest BCUT2D eigenvalue weighted by Gasteiger charge is 2.28. The molecule has 0 atom stereocenters. The maximum absolute atomic E-state index is 12.7. The van der Waals surface area contributed by atoms with Gasteiger partial charge in [-0.2, -0.15) is 4.31 Å². The molecule has 1 aromatic heterocycles. The number of thiophene rings is 1. The van der Waals surface area contributed by atoms with Crippen LogP contribution >= 0.6 is 11.3 Å². The molecule has 3 rings (SSSR count). The second-order valence-corrected chi connectivity index (χ2v) is 10.1. The predicted molar refractivity (Wildman–Crippen MR) is 115 cm³/mol. The molecular formula is C20H23N3O6S2. The Kier molecular flexibility index (Phi) is 7.08. The normalized spacial score (nSPS) is 14.4. The summed E-state index contributed by atoms with van der Waals surface area (Å²) < 4.78 is 32.3. The van der Waals surface area contributed by atoms with Crippen LogP contribution in [0.4, 0.5) is 0 Å². The highest BCUT2D eigenvalue weighted by atomic mass is 32.2. The van der Waals surface area contributed by atoms with Crippen molar-refractivity contribution in [2.24, 2.45) is 5.73 Å². The number of rotatable bonds is 9. The topological polar surface area (TPSA) is 136 Å². The molecule has 166 valence electrons. The van der Waals surface area contributed by atoms with Crippen molar-refractivity contribution in [3.05, 3.63) is 45.6 Å². The van der Waals surface area contributed by atoms with Crippen molar-refractivity contribution >= 4 is 39.0 Å². The van der Waals surface area contributed by atoms with Crippen molar-refractivity contribution in [1.82, 2.24) is 9.62 Å². The van der Waals surface area contributed by atoms with E-state index in [1.807, 2.05) is 0 Å². The molecule has 2 amide bonds. The second-order valence-electron chi connectivity index (χ2n) is 7.02. The van der Waals surface area contributed by atoms with Gasteiger partial charge in [0.1, 0.15) is 5.75 Å². The van der Waals surface area contributed by atoms with Gasteiger partial charge in [-0.1, -0.05) is 0 Å². The molecule has 0 bridgehead atoms. The Hall–Kier alpha value is -2.76. The van der Waals surface area contributed by atoms with Crippen LogP contribution in [0.25, 0.3) is 0 Å². The lowest BCUT2D eigenvalue weighted by atomic mass is 10.2. The Morgan fingerprint density at radius 2 is 1.87 bits per heavy atom. The Bertz CT molecular complexity index is 1100. The molecule has 0 radical (unpaired) electrons. The molecule has 0 saturated carbocycles. The highest BCUT2D eigenvalue weighted by Crippen LogP contribution is 2.27. The number of carbonyl (C=O) groups excluding carboxylic acids is 3. The van der Waals surface area contributed by atoms with Gasteiger partial charge in [0, 0.05) is 24.9 Å².